The molecular formula is C16H20BrClN2O3. The number of piperazine rings is 1. The van der Waals surface area contributed by atoms with Gasteiger partial charge in [-0.3, -0.25) is 4.79 Å². The Balaban J connectivity index is 1.96. The summed E-state index contributed by atoms with van der Waals surface area (Å²) in [7, 11) is 0. The molecule has 0 saturated carbocycles. The van der Waals surface area contributed by atoms with Crippen molar-refractivity contribution in [2.45, 2.75) is 26.4 Å². The van der Waals surface area contributed by atoms with Gasteiger partial charge in [-0.15, -0.1) is 0 Å². The number of halogens is 2. The van der Waals surface area contributed by atoms with Crippen LogP contribution in [-0.2, 0) is 4.74 Å². The van der Waals surface area contributed by atoms with Crippen molar-refractivity contribution in [1.82, 2.24) is 9.80 Å². The minimum absolute atomic E-state index is 0.119. The van der Waals surface area contributed by atoms with Gasteiger partial charge in [-0.2, -0.15) is 0 Å². The third-order valence-corrected chi connectivity index (χ3v) is 4.19. The van der Waals surface area contributed by atoms with E-state index in [1.807, 2.05) is 20.8 Å². The number of nitrogens with zero attached hydrogens (tertiary/aromatic N) is 2. The molecule has 0 N–H and O–H groups in total. The summed E-state index contributed by atoms with van der Waals surface area (Å²) in [5.41, 5.74) is -0.0461. The maximum Gasteiger partial charge on any atom is 0.410 e. The lowest BCUT2D eigenvalue weighted by Gasteiger charge is -2.35. The Morgan fingerprint density at radius 2 is 1.70 bits per heavy atom. The van der Waals surface area contributed by atoms with Crippen LogP contribution >= 0.6 is 27.5 Å². The van der Waals surface area contributed by atoms with Crippen LogP contribution in [0.2, 0.25) is 5.02 Å². The second kappa shape index (κ2) is 7.09. The summed E-state index contributed by atoms with van der Waals surface area (Å²) in [4.78, 5) is 27.9. The summed E-state index contributed by atoms with van der Waals surface area (Å²) in [5, 5.41) is 0.416. The van der Waals surface area contributed by atoms with Gasteiger partial charge in [-0.25, -0.2) is 4.79 Å². The van der Waals surface area contributed by atoms with Crippen LogP contribution in [0.4, 0.5) is 4.79 Å². The first-order chi connectivity index (χ1) is 10.7. The molecular weight excluding hydrogens is 384 g/mol. The number of rotatable bonds is 1. The van der Waals surface area contributed by atoms with Gasteiger partial charge in [-0.1, -0.05) is 27.5 Å². The number of hydrogen-bond donors (Lipinski definition) is 0. The Labute approximate surface area is 149 Å². The van der Waals surface area contributed by atoms with E-state index in [4.69, 9.17) is 16.3 Å². The van der Waals surface area contributed by atoms with Crippen molar-refractivity contribution in [3.05, 3.63) is 33.3 Å². The van der Waals surface area contributed by atoms with Crippen LogP contribution in [0.5, 0.6) is 0 Å². The van der Waals surface area contributed by atoms with Crippen LogP contribution in [0.1, 0.15) is 31.1 Å². The summed E-state index contributed by atoms with van der Waals surface area (Å²) >= 11 is 9.45. The smallest absolute Gasteiger partial charge is 0.410 e. The molecule has 0 bridgehead atoms. The van der Waals surface area contributed by atoms with Crippen LogP contribution in [0.15, 0.2) is 22.7 Å². The number of ether oxygens (including phenoxy) is 1. The highest BCUT2D eigenvalue weighted by Crippen LogP contribution is 2.23. The zero-order chi connectivity index (χ0) is 17.2. The van der Waals surface area contributed by atoms with Gasteiger partial charge in [0, 0.05) is 30.7 Å². The van der Waals surface area contributed by atoms with E-state index in [0.717, 1.165) is 4.47 Å². The lowest BCUT2D eigenvalue weighted by Crippen LogP contribution is -2.51. The quantitative estimate of drug-likeness (QED) is 0.717. The second-order valence-corrected chi connectivity index (χ2v) is 7.71. The molecule has 0 radical (unpaired) electrons. The van der Waals surface area contributed by atoms with Crippen molar-refractivity contribution in [1.29, 1.82) is 0 Å². The fraction of sp³-hybridized carbons (Fsp3) is 0.500. The largest absolute Gasteiger partial charge is 0.444 e. The zero-order valence-corrected chi connectivity index (χ0v) is 15.8. The summed E-state index contributed by atoms with van der Waals surface area (Å²) in [6.45, 7) is 7.33. The minimum atomic E-state index is -0.519. The highest BCUT2D eigenvalue weighted by atomic mass is 79.9. The molecule has 0 aromatic heterocycles. The first-order valence-corrected chi connectivity index (χ1v) is 8.57. The molecule has 1 heterocycles. The van der Waals surface area contributed by atoms with E-state index in [9.17, 15) is 9.59 Å². The van der Waals surface area contributed by atoms with Gasteiger partial charge in [0.05, 0.1) is 10.6 Å². The van der Waals surface area contributed by atoms with E-state index < -0.39 is 5.60 Å². The second-order valence-electron chi connectivity index (χ2n) is 6.38. The van der Waals surface area contributed by atoms with Crippen molar-refractivity contribution in [2.75, 3.05) is 26.2 Å². The van der Waals surface area contributed by atoms with Crippen molar-refractivity contribution in [2.24, 2.45) is 0 Å². The SMILES string of the molecule is CC(C)(C)OC(=O)N1CCN(C(=O)c2ccc(Br)cc2Cl)CC1. The van der Waals surface area contributed by atoms with Gasteiger partial charge in [0.1, 0.15) is 5.60 Å². The molecule has 126 valence electrons. The molecule has 5 nitrogen and oxygen atoms in total. The number of benzene rings is 1. The van der Waals surface area contributed by atoms with Gasteiger partial charge in [-0.05, 0) is 39.0 Å². The highest BCUT2D eigenvalue weighted by Gasteiger charge is 2.28. The van der Waals surface area contributed by atoms with Crippen LogP contribution in [-0.4, -0.2) is 53.6 Å². The Morgan fingerprint density at radius 3 is 2.22 bits per heavy atom. The normalized spacial score (nSPS) is 15.5. The number of carbonyl (C=O) groups is 2. The summed E-state index contributed by atoms with van der Waals surface area (Å²) in [5.74, 6) is -0.119. The average Bonchev–Trinajstić information content (AvgIpc) is 2.45. The van der Waals surface area contributed by atoms with E-state index in [0.29, 0.717) is 36.8 Å². The Bertz CT molecular complexity index is 608. The maximum atomic E-state index is 12.5. The van der Waals surface area contributed by atoms with Crippen molar-refractivity contribution >= 4 is 39.5 Å². The van der Waals surface area contributed by atoms with E-state index in [2.05, 4.69) is 15.9 Å². The van der Waals surface area contributed by atoms with E-state index in [-0.39, 0.29) is 12.0 Å². The molecule has 2 rings (SSSR count). The Morgan fingerprint density at radius 1 is 1.13 bits per heavy atom. The molecule has 2 amide bonds. The fourth-order valence-electron chi connectivity index (χ4n) is 2.25. The summed E-state index contributed by atoms with van der Waals surface area (Å²) in [6, 6.07) is 5.19. The average molecular weight is 404 g/mol. The predicted molar refractivity (Wildman–Crippen MR) is 92.9 cm³/mol. The Kier molecular flexibility index (Phi) is 5.57. The molecule has 0 unspecified atom stereocenters. The van der Waals surface area contributed by atoms with Crippen molar-refractivity contribution in [3.63, 3.8) is 0 Å². The molecule has 1 aromatic carbocycles. The van der Waals surface area contributed by atoms with Gasteiger partial charge in [0.15, 0.2) is 0 Å². The minimum Gasteiger partial charge on any atom is -0.444 e. The molecule has 23 heavy (non-hydrogen) atoms. The van der Waals surface area contributed by atoms with Gasteiger partial charge < -0.3 is 14.5 Å². The van der Waals surface area contributed by atoms with Crippen LogP contribution in [0.25, 0.3) is 0 Å². The van der Waals surface area contributed by atoms with Crippen LogP contribution < -0.4 is 0 Å². The molecule has 1 saturated heterocycles. The summed E-state index contributed by atoms with van der Waals surface area (Å²) < 4.78 is 6.17. The van der Waals surface area contributed by atoms with Gasteiger partial charge >= 0.3 is 6.09 Å². The standard InChI is InChI=1S/C16H20BrClN2O3/c1-16(2,3)23-15(22)20-8-6-19(7-9-20)14(21)12-5-4-11(17)10-13(12)18/h4-5,10H,6-9H2,1-3H3. The monoisotopic (exact) mass is 402 g/mol. The number of amides is 2. The third-order valence-electron chi connectivity index (χ3n) is 3.38. The fourth-order valence-corrected chi connectivity index (χ4v) is 3.01. The first kappa shape index (κ1) is 18.1. The topological polar surface area (TPSA) is 49.9 Å². The van der Waals surface area contributed by atoms with E-state index in [1.54, 1.807) is 28.0 Å². The molecule has 1 aliphatic rings. The molecule has 0 spiro atoms. The maximum absolute atomic E-state index is 12.5. The molecule has 1 fully saturated rings. The van der Waals surface area contributed by atoms with Gasteiger partial charge in [0.2, 0.25) is 0 Å². The number of carbonyl (C=O) groups excluding carboxylic acids is 2. The predicted octanol–water partition coefficient (Wildman–Crippen LogP) is 3.80. The van der Waals surface area contributed by atoms with E-state index >= 15 is 0 Å². The molecule has 1 aromatic rings. The van der Waals surface area contributed by atoms with Crippen molar-refractivity contribution in [3.8, 4) is 0 Å². The zero-order valence-electron chi connectivity index (χ0n) is 13.4. The molecule has 0 atom stereocenters. The highest BCUT2D eigenvalue weighted by molar-refractivity contribution is 9.10. The van der Waals surface area contributed by atoms with Crippen molar-refractivity contribution < 1.29 is 14.3 Å². The molecule has 7 heteroatoms. The third kappa shape index (κ3) is 4.85. The molecule has 1 aliphatic heterocycles. The van der Waals surface area contributed by atoms with Gasteiger partial charge in [0.25, 0.3) is 5.91 Å². The summed E-state index contributed by atoms with van der Waals surface area (Å²) in [6.07, 6.45) is -0.341. The lowest BCUT2D eigenvalue weighted by atomic mass is 10.2. The molecule has 0 aliphatic carbocycles. The van der Waals surface area contributed by atoms with Crippen LogP contribution in [0.3, 0.4) is 0 Å². The van der Waals surface area contributed by atoms with Crippen LogP contribution in [0, 0.1) is 0 Å². The van der Waals surface area contributed by atoms with E-state index in [1.165, 1.54) is 0 Å². The Hall–Kier alpha value is -1.27. The first-order valence-electron chi connectivity index (χ1n) is 7.39. The lowest BCUT2D eigenvalue weighted by molar-refractivity contribution is 0.0141. The number of hydrogen-bond acceptors (Lipinski definition) is 3.